The van der Waals surface area contributed by atoms with E-state index in [0.717, 1.165) is 23.2 Å². The van der Waals surface area contributed by atoms with Crippen LogP contribution in [0.1, 0.15) is 25.0 Å². The Balaban J connectivity index is 3.23. The highest BCUT2D eigenvalue weighted by Crippen LogP contribution is 2.25. The highest BCUT2D eigenvalue weighted by atomic mass is 16.1. The number of carbonyl (C=O) groups is 2. The summed E-state index contributed by atoms with van der Waals surface area (Å²) < 4.78 is 0. The number of Topliss-reactive ketones (excluding diaryl/α,β-unsaturated/α-hetero) is 1. The maximum Gasteiger partial charge on any atom is 0.214 e. The maximum absolute atomic E-state index is 11.3. The zero-order valence-corrected chi connectivity index (χ0v) is 10.2. The number of hydrogen-bond donors (Lipinski definition) is 0. The van der Waals surface area contributed by atoms with E-state index in [9.17, 15) is 9.59 Å². The van der Waals surface area contributed by atoms with Crippen LogP contribution in [0.15, 0.2) is 18.2 Å². The van der Waals surface area contributed by atoms with Crippen molar-refractivity contribution in [1.29, 1.82) is 0 Å². The summed E-state index contributed by atoms with van der Waals surface area (Å²) in [6, 6.07) is 5.39. The van der Waals surface area contributed by atoms with Gasteiger partial charge in [0.1, 0.15) is 0 Å². The van der Waals surface area contributed by atoms with E-state index < -0.39 is 6.04 Å². The van der Waals surface area contributed by atoms with Crippen LogP contribution < -0.4 is 4.90 Å². The molecule has 0 aliphatic heterocycles. The number of rotatable bonds is 4. The van der Waals surface area contributed by atoms with Crippen LogP contribution in [0.2, 0.25) is 0 Å². The van der Waals surface area contributed by atoms with Crippen molar-refractivity contribution in [3.63, 3.8) is 0 Å². The smallest absolute Gasteiger partial charge is 0.214 e. The van der Waals surface area contributed by atoms with Crippen molar-refractivity contribution in [3.8, 4) is 0 Å². The molecule has 0 saturated carbocycles. The van der Waals surface area contributed by atoms with E-state index in [1.54, 1.807) is 6.92 Å². The molecule has 1 amide bonds. The number of para-hydroxylation sites is 1. The van der Waals surface area contributed by atoms with E-state index in [1.165, 1.54) is 11.8 Å². The Morgan fingerprint density at radius 3 is 2.19 bits per heavy atom. The van der Waals surface area contributed by atoms with E-state index >= 15 is 0 Å². The fourth-order valence-electron chi connectivity index (χ4n) is 1.75. The standard InChI is InChI=1S/C13H17NO2/c1-9-6-5-7-10(2)13(9)14(8-15)11(3)12(4)16/h5-8,11H,1-4H3. The second kappa shape index (κ2) is 4.92. The van der Waals surface area contributed by atoms with Gasteiger partial charge in [0, 0.05) is 5.69 Å². The van der Waals surface area contributed by atoms with Crippen LogP contribution in [0.5, 0.6) is 0 Å². The van der Waals surface area contributed by atoms with Crippen LogP contribution in [-0.2, 0) is 9.59 Å². The predicted octanol–water partition coefficient (Wildman–Crippen LogP) is 2.24. The summed E-state index contributed by atoms with van der Waals surface area (Å²) in [5, 5.41) is 0. The summed E-state index contributed by atoms with van der Waals surface area (Å²) in [5.41, 5.74) is 2.83. The van der Waals surface area contributed by atoms with Crippen LogP contribution in [0.3, 0.4) is 0 Å². The Kier molecular flexibility index (Phi) is 3.82. The minimum absolute atomic E-state index is 0.0187. The van der Waals surface area contributed by atoms with E-state index in [2.05, 4.69) is 0 Å². The molecule has 16 heavy (non-hydrogen) atoms. The molecule has 0 heterocycles. The molecular weight excluding hydrogens is 202 g/mol. The highest BCUT2D eigenvalue weighted by Gasteiger charge is 2.20. The van der Waals surface area contributed by atoms with Crippen LogP contribution in [0.4, 0.5) is 5.69 Å². The van der Waals surface area contributed by atoms with E-state index in [1.807, 2.05) is 32.0 Å². The molecule has 0 aliphatic carbocycles. The Hall–Kier alpha value is -1.64. The number of ketones is 1. The summed E-state index contributed by atoms with van der Waals surface area (Å²) in [5.74, 6) is -0.0187. The first kappa shape index (κ1) is 12.4. The SMILES string of the molecule is CC(=O)C(C)N(C=O)c1c(C)cccc1C. The Morgan fingerprint density at radius 2 is 1.81 bits per heavy atom. The van der Waals surface area contributed by atoms with Crippen LogP contribution in [-0.4, -0.2) is 18.2 Å². The second-order valence-electron chi connectivity index (χ2n) is 4.04. The Labute approximate surface area is 96.1 Å². The molecular formula is C13H17NO2. The van der Waals surface area contributed by atoms with Crippen molar-refractivity contribution < 1.29 is 9.59 Å². The number of hydrogen-bond acceptors (Lipinski definition) is 2. The van der Waals surface area contributed by atoms with Crippen LogP contribution in [0, 0.1) is 13.8 Å². The second-order valence-corrected chi connectivity index (χ2v) is 4.04. The quantitative estimate of drug-likeness (QED) is 0.728. The van der Waals surface area contributed by atoms with Crippen molar-refractivity contribution in [2.45, 2.75) is 33.7 Å². The maximum atomic E-state index is 11.3. The Bertz CT molecular complexity index is 392. The third-order valence-electron chi connectivity index (χ3n) is 2.82. The van der Waals surface area contributed by atoms with Crippen molar-refractivity contribution in [1.82, 2.24) is 0 Å². The highest BCUT2D eigenvalue weighted by molar-refractivity contribution is 5.92. The molecule has 3 heteroatoms. The van der Waals surface area contributed by atoms with Gasteiger partial charge in [0.25, 0.3) is 0 Å². The van der Waals surface area contributed by atoms with E-state index in [0.29, 0.717) is 0 Å². The van der Waals surface area contributed by atoms with Crippen LogP contribution >= 0.6 is 0 Å². The predicted molar refractivity (Wildman–Crippen MR) is 64.6 cm³/mol. The molecule has 1 rings (SSSR count). The molecule has 1 aromatic rings. The molecule has 0 bridgehead atoms. The number of aryl methyl sites for hydroxylation is 2. The number of carbonyl (C=O) groups excluding carboxylic acids is 2. The summed E-state index contributed by atoms with van der Waals surface area (Å²) in [6.07, 6.45) is 0.724. The molecule has 0 aromatic heterocycles. The summed E-state index contributed by atoms with van der Waals surface area (Å²) in [4.78, 5) is 24.0. The monoisotopic (exact) mass is 219 g/mol. The first-order valence-corrected chi connectivity index (χ1v) is 5.29. The fourth-order valence-corrected chi connectivity index (χ4v) is 1.75. The van der Waals surface area contributed by atoms with Crippen molar-refractivity contribution in [3.05, 3.63) is 29.3 Å². The normalized spacial score (nSPS) is 12.0. The largest absolute Gasteiger partial charge is 0.304 e. The number of amides is 1. The van der Waals surface area contributed by atoms with Gasteiger partial charge in [-0.15, -0.1) is 0 Å². The molecule has 1 unspecified atom stereocenters. The topological polar surface area (TPSA) is 37.4 Å². The van der Waals surface area contributed by atoms with Gasteiger partial charge in [0.15, 0.2) is 5.78 Å². The van der Waals surface area contributed by atoms with Gasteiger partial charge < -0.3 is 4.90 Å². The van der Waals surface area contributed by atoms with Gasteiger partial charge in [0.2, 0.25) is 6.41 Å². The molecule has 3 nitrogen and oxygen atoms in total. The average Bonchev–Trinajstić information content (AvgIpc) is 2.22. The zero-order chi connectivity index (χ0) is 12.3. The molecule has 1 atom stereocenters. The lowest BCUT2D eigenvalue weighted by Gasteiger charge is -2.26. The zero-order valence-electron chi connectivity index (χ0n) is 10.2. The molecule has 0 spiro atoms. The first-order chi connectivity index (χ1) is 7.49. The number of anilines is 1. The molecule has 1 aromatic carbocycles. The summed E-state index contributed by atoms with van der Waals surface area (Å²) in [6.45, 7) is 7.11. The van der Waals surface area contributed by atoms with E-state index in [4.69, 9.17) is 0 Å². The summed E-state index contributed by atoms with van der Waals surface area (Å²) in [7, 11) is 0. The third-order valence-corrected chi connectivity index (χ3v) is 2.82. The molecule has 86 valence electrons. The lowest BCUT2D eigenvalue weighted by atomic mass is 10.1. The molecule has 0 aliphatic rings. The fraction of sp³-hybridized carbons (Fsp3) is 0.385. The average molecular weight is 219 g/mol. The minimum Gasteiger partial charge on any atom is -0.304 e. The molecule has 0 radical (unpaired) electrons. The molecule has 0 saturated heterocycles. The van der Waals surface area contributed by atoms with Crippen molar-refractivity contribution >= 4 is 17.9 Å². The first-order valence-electron chi connectivity index (χ1n) is 5.29. The summed E-state index contributed by atoms with van der Waals surface area (Å²) >= 11 is 0. The van der Waals surface area contributed by atoms with Crippen molar-refractivity contribution in [2.75, 3.05) is 4.90 Å². The number of nitrogens with zero attached hydrogens (tertiary/aromatic N) is 1. The minimum atomic E-state index is -0.419. The van der Waals surface area contributed by atoms with Gasteiger partial charge in [-0.2, -0.15) is 0 Å². The van der Waals surface area contributed by atoms with Crippen molar-refractivity contribution in [2.24, 2.45) is 0 Å². The van der Waals surface area contributed by atoms with Crippen LogP contribution in [0.25, 0.3) is 0 Å². The molecule has 0 fully saturated rings. The number of benzene rings is 1. The van der Waals surface area contributed by atoms with Gasteiger partial charge in [-0.1, -0.05) is 18.2 Å². The van der Waals surface area contributed by atoms with Gasteiger partial charge in [-0.05, 0) is 38.8 Å². The molecule has 0 N–H and O–H groups in total. The van der Waals surface area contributed by atoms with Gasteiger partial charge >= 0.3 is 0 Å². The lowest BCUT2D eigenvalue weighted by molar-refractivity contribution is -0.119. The van der Waals surface area contributed by atoms with Gasteiger partial charge in [-0.25, -0.2) is 0 Å². The van der Waals surface area contributed by atoms with Gasteiger partial charge in [0.05, 0.1) is 6.04 Å². The van der Waals surface area contributed by atoms with Gasteiger partial charge in [-0.3, -0.25) is 9.59 Å². The Morgan fingerprint density at radius 1 is 1.31 bits per heavy atom. The third kappa shape index (κ3) is 2.30. The lowest BCUT2D eigenvalue weighted by Crippen LogP contribution is -2.37. The van der Waals surface area contributed by atoms with E-state index in [-0.39, 0.29) is 5.78 Å².